The van der Waals surface area contributed by atoms with Gasteiger partial charge in [-0.2, -0.15) is 5.10 Å². The molecule has 1 aliphatic carbocycles. The molecule has 0 atom stereocenters. The van der Waals surface area contributed by atoms with Gasteiger partial charge in [0, 0.05) is 12.3 Å². The fraction of sp³-hybridized carbons (Fsp3) is 0.500. The molecule has 0 aromatic carbocycles. The SMILES string of the molecule is O=C(O)CCc1cnc2ccc(C3CCCC3)nn12. The van der Waals surface area contributed by atoms with Crippen molar-refractivity contribution in [2.75, 3.05) is 0 Å². The molecule has 0 unspecified atom stereocenters. The summed E-state index contributed by atoms with van der Waals surface area (Å²) in [7, 11) is 0. The number of carbonyl (C=O) groups is 1. The van der Waals surface area contributed by atoms with E-state index in [0.717, 1.165) is 17.0 Å². The maximum absolute atomic E-state index is 10.7. The number of carboxylic acids is 1. The molecule has 2 aromatic rings. The molecule has 0 aliphatic heterocycles. The summed E-state index contributed by atoms with van der Waals surface area (Å²) in [6, 6.07) is 4.03. The summed E-state index contributed by atoms with van der Waals surface area (Å²) in [6.07, 6.45) is 7.28. The van der Waals surface area contributed by atoms with Crippen LogP contribution < -0.4 is 0 Å². The minimum Gasteiger partial charge on any atom is -0.481 e. The predicted octanol–water partition coefficient (Wildman–Crippen LogP) is 2.40. The van der Waals surface area contributed by atoms with E-state index in [1.165, 1.54) is 25.7 Å². The van der Waals surface area contributed by atoms with Crippen LogP contribution in [0.15, 0.2) is 18.3 Å². The van der Waals surface area contributed by atoms with Gasteiger partial charge in [-0.3, -0.25) is 4.79 Å². The standard InChI is InChI=1S/C14H17N3O2/c18-14(19)8-5-11-9-15-13-7-6-12(16-17(11)13)10-3-1-2-4-10/h6-7,9-10H,1-5,8H2,(H,18,19). The van der Waals surface area contributed by atoms with Crippen LogP contribution >= 0.6 is 0 Å². The van der Waals surface area contributed by atoms with Crippen molar-refractivity contribution in [3.05, 3.63) is 29.7 Å². The molecule has 2 aromatic heterocycles. The third kappa shape index (κ3) is 2.45. The molecule has 0 radical (unpaired) electrons. The first kappa shape index (κ1) is 12.1. The largest absolute Gasteiger partial charge is 0.481 e. The van der Waals surface area contributed by atoms with Crippen LogP contribution in [0.5, 0.6) is 0 Å². The van der Waals surface area contributed by atoms with Crippen LogP contribution in [0.2, 0.25) is 0 Å². The van der Waals surface area contributed by atoms with Gasteiger partial charge < -0.3 is 5.11 Å². The molecular formula is C14H17N3O2. The lowest BCUT2D eigenvalue weighted by Gasteiger charge is -2.09. The number of rotatable bonds is 4. The van der Waals surface area contributed by atoms with E-state index in [0.29, 0.717) is 12.3 Å². The molecule has 1 saturated carbocycles. The van der Waals surface area contributed by atoms with Crippen molar-refractivity contribution in [3.8, 4) is 0 Å². The van der Waals surface area contributed by atoms with Gasteiger partial charge >= 0.3 is 5.97 Å². The van der Waals surface area contributed by atoms with Gasteiger partial charge in [-0.05, 0) is 25.0 Å². The second-order valence-electron chi connectivity index (χ2n) is 5.15. The second kappa shape index (κ2) is 4.99. The normalized spacial score (nSPS) is 16.2. The molecule has 2 heterocycles. The van der Waals surface area contributed by atoms with Gasteiger partial charge in [0.1, 0.15) is 0 Å². The van der Waals surface area contributed by atoms with Crippen LogP contribution in [0.4, 0.5) is 0 Å². The Labute approximate surface area is 111 Å². The fourth-order valence-electron chi connectivity index (χ4n) is 2.78. The van der Waals surface area contributed by atoms with Gasteiger partial charge in [0.15, 0.2) is 5.65 Å². The lowest BCUT2D eigenvalue weighted by molar-refractivity contribution is -0.136. The molecule has 0 bridgehead atoms. The van der Waals surface area contributed by atoms with Crippen molar-refractivity contribution in [3.63, 3.8) is 0 Å². The molecule has 0 saturated heterocycles. The van der Waals surface area contributed by atoms with Gasteiger partial charge in [-0.25, -0.2) is 9.50 Å². The van der Waals surface area contributed by atoms with E-state index in [-0.39, 0.29) is 6.42 Å². The third-order valence-electron chi connectivity index (χ3n) is 3.82. The third-order valence-corrected chi connectivity index (χ3v) is 3.82. The van der Waals surface area contributed by atoms with Crippen LogP contribution in [0.3, 0.4) is 0 Å². The van der Waals surface area contributed by atoms with E-state index >= 15 is 0 Å². The Hall–Kier alpha value is -1.91. The Morgan fingerprint density at radius 1 is 1.37 bits per heavy atom. The van der Waals surface area contributed by atoms with Gasteiger partial charge in [-0.15, -0.1) is 0 Å². The number of aromatic nitrogens is 3. The molecule has 0 spiro atoms. The summed E-state index contributed by atoms with van der Waals surface area (Å²) in [5.41, 5.74) is 2.78. The van der Waals surface area contributed by atoms with Gasteiger partial charge in [0.25, 0.3) is 0 Å². The molecule has 5 nitrogen and oxygen atoms in total. The number of fused-ring (bicyclic) bond motifs is 1. The molecule has 1 fully saturated rings. The summed E-state index contributed by atoms with van der Waals surface area (Å²) in [4.78, 5) is 14.9. The van der Waals surface area contributed by atoms with Crippen molar-refractivity contribution < 1.29 is 9.90 Å². The Morgan fingerprint density at radius 2 is 2.16 bits per heavy atom. The van der Waals surface area contributed by atoms with E-state index in [9.17, 15) is 4.79 Å². The van der Waals surface area contributed by atoms with Crippen molar-refractivity contribution in [1.29, 1.82) is 0 Å². The summed E-state index contributed by atoms with van der Waals surface area (Å²) in [5, 5.41) is 13.4. The van der Waals surface area contributed by atoms with Crippen molar-refractivity contribution in [2.24, 2.45) is 0 Å². The number of carboxylic acid groups (broad SMARTS) is 1. The molecule has 3 rings (SSSR count). The molecule has 0 amide bonds. The smallest absolute Gasteiger partial charge is 0.303 e. The highest BCUT2D eigenvalue weighted by Gasteiger charge is 2.19. The molecule has 19 heavy (non-hydrogen) atoms. The number of aryl methyl sites for hydroxylation is 1. The van der Waals surface area contributed by atoms with Gasteiger partial charge in [-0.1, -0.05) is 12.8 Å². The second-order valence-corrected chi connectivity index (χ2v) is 5.15. The average molecular weight is 259 g/mol. The molecule has 100 valence electrons. The molecule has 1 N–H and O–H groups in total. The highest BCUT2D eigenvalue weighted by atomic mass is 16.4. The highest BCUT2D eigenvalue weighted by Crippen LogP contribution is 2.32. The van der Waals surface area contributed by atoms with Crippen molar-refractivity contribution in [2.45, 2.75) is 44.4 Å². The monoisotopic (exact) mass is 259 g/mol. The van der Waals surface area contributed by atoms with E-state index in [2.05, 4.69) is 16.1 Å². The van der Waals surface area contributed by atoms with Crippen LogP contribution in [-0.4, -0.2) is 25.7 Å². The number of hydrogen-bond donors (Lipinski definition) is 1. The topological polar surface area (TPSA) is 67.5 Å². The first-order valence-electron chi connectivity index (χ1n) is 6.79. The summed E-state index contributed by atoms with van der Waals surface area (Å²) in [5.74, 6) is -0.235. The van der Waals surface area contributed by atoms with Gasteiger partial charge in [0.05, 0.1) is 24.0 Å². The van der Waals surface area contributed by atoms with Crippen LogP contribution in [0, 0.1) is 0 Å². The zero-order valence-corrected chi connectivity index (χ0v) is 10.7. The van der Waals surface area contributed by atoms with Crippen molar-refractivity contribution in [1.82, 2.24) is 14.6 Å². The Morgan fingerprint density at radius 3 is 2.89 bits per heavy atom. The van der Waals surface area contributed by atoms with Crippen LogP contribution in [-0.2, 0) is 11.2 Å². The number of nitrogens with zero attached hydrogens (tertiary/aromatic N) is 3. The summed E-state index contributed by atoms with van der Waals surface area (Å²) < 4.78 is 1.80. The lowest BCUT2D eigenvalue weighted by atomic mass is 10.0. The number of imidazole rings is 1. The first-order chi connectivity index (χ1) is 9.24. The van der Waals surface area contributed by atoms with E-state index < -0.39 is 5.97 Å². The van der Waals surface area contributed by atoms with Gasteiger partial charge in [0.2, 0.25) is 0 Å². The Balaban J connectivity index is 1.91. The Bertz CT molecular complexity index is 600. The number of hydrogen-bond acceptors (Lipinski definition) is 3. The maximum Gasteiger partial charge on any atom is 0.303 e. The summed E-state index contributed by atoms with van der Waals surface area (Å²) in [6.45, 7) is 0. The molecule has 1 aliphatic rings. The minimum atomic E-state index is -0.790. The van der Waals surface area contributed by atoms with Crippen molar-refractivity contribution >= 4 is 11.6 Å². The van der Waals surface area contributed by atoms with E-state index in [4.69, 9.17) is 5.11 Å². The predicted molar refractivity (Wildman–Crippen MR) is 70.2 cm³/mol. The molecular weight excluding hydrogens is 242 g/mol. The Kier molecular flexibility index (Phi) is 3.19. The fourth-order valence-corrected chi connectivity index (χ4v) is 2.78. The lowest BCUT2D eigenvalue weighted by Crippen LogP contribution is -2.06. The number of aliphatic carboxylic acids is 1. The van der Waals surface area contributed by atoms with E-state index in [1.807, 2.05) is 6.07 Å². The van der Waals surface area contributed by atoms with E-state index in [1.54, 1.807) is 10.7 Å². The zero-order chi connectivity index (χ0) is 13.2. The first-order valence-corrected chi connectivity index (χ1v) is 6.79. The molecule has 5 heteroatoms. The van der Waals surface area contributed by atoms with Crippen LogP contribution in [0.25, 0.3) is 5.65 Å². The quantitative estimate of drug-likeness (QED) is 0.915. The minimum absolute atomic E-state index is 0.114. The average Bonchev–Trinajstić information content (AvgIpc) is 3.05. The highest BCUT2D eigenvalue weighted by molar-refractivity contribution is 5.67. The zero-order valence-electron chi connectivity index (χ0n) is 10.7. The maximum atomic E-state index is 10.7. The summed E-state index contributed by atoms with van der Waals surface area (Å²) >= 11 is 0. The van der Waals surface area contributed by atoms with Crippen LogP contribution in [0.1, 0.15) is 49.4 Å².